The van der Waals surface area contributed by atoms with Crippen LogP contribution in [-0.4, -0.2) is 28.9 Å². The second kappa shape index (κ2) is 7.48. The molecule has 2 atom stereocenters. The zero-order valence-electron chi connectivity index (χ0n) is 18.1. The van der Waals surface area contributed by atoms with Gasteiger partial charge in [-0.15, -0.1) is 0 Å². The summed E-state index contributed by atoms with van der Waals surface area (Å²) in [5.41, 5.74) is 2.50. The fourth-order valence-electron chi connectivity index (χ4n) is 5.04. The highest BCUT2D eigenvalue weighted by Crippen LogP contribution is 2.56. The largest absolute Gasteiger partial charge is 0.385 e. The summed E-state index contributed by atoms with van der Waals surface area (Å²) >= 11 is 0. The highest BCUT2D eigenvalue weighted by atomic mass is 32.2. The molecular weight excluding hydrogens is 441 g/mol. The molecule has 0 bridgehead atoms. The number of hydrogen-bond acceptors (Lipinski definition) is 4. The number of benzene rings is 2. The number of primary sulfonamides is 1. The Morgan fingerprint density at radius 2 is 1.91 bits per heavy atom. The first-order chi connectivity index (χ1) is 15.6. The lowest BCUT2D eigenvalue weighted by molar-refractivity contribution is 0.00667. The molecule has 0 saturated heterocycles. The van der Waals surface area contributed by atoms with Crippen LogP contribution in [0.15, 0.2) is 71.3 Å². The number of rotatable bonds is 4. The molecule has 1 heterocycles. The predicted molar refractivity (Wildman–Crippen MR) is 124 cm³/mol. The van der Waals surface area contributed by atoms with Crippen LogP contribution in [0.25, 0.3) is 17.8 Å². The third-order valence-electron chi connectivity index (χ3n) is 7.02. The zero-order valence-corrected chi connectivity index (χ0v) is 18.9. The summed E-state index contributed by atoms with van der Waals surface area (Å²) in [6, 6.07) is 12.7. The summed E-state index contributed by atoms with van der Waals surface area (Å²) in [6.45, 7) is 2.03. The summed E-state index contributed by atoms with van der Waals surface area (Å²) in [6.07, 6.45) is 8.99. The molecule has 0 aliphatic heterocycles. The van der Waals surface area contributed by atoms with Crippen molar-refractivity contribution in [2.75, 3.05) is 0 Å². The van der Waals surface area contributed by atoms with Crippen LogP contribution in [-0.2, 0) is 16.4 Å². The van der Waals surface area contributed by atoms with Gasteiger partial charge < -0.3 is 5.11 Å². The quantitative estimate of drug-likeness (QED) is 0.612. The Morgan fingerprint density at radius 3 is 2.64 bits per heavy atom. The molecule has 1 saturated carbocycles. The Labute approximate surface area is 191 Å². The van der Waals surface area contributed by atoms with Crippen molar-refractivity contribution in [3.05, 3.63) is 89.0 Å². The van der Waals surface area contributed by atoms with Gasteiger partial charge in [-0.1, -0.05) is 42.8 Å². The first-order valence-electron chi connectivity index (χ1n) is 10.7. The lowest BCUT2D eigenvalue weighted by atomic mass is 9.67. The van der Waals surface area contributed by atoms with E-state index in [1.165, 1.54) is 18.2 Å². The average Bonchev–Trinajstić information content (AvgIpc) is 3.29. The molecule has 3 aromatic rings. The van der Waals surface area contributed by atoms with Gasteiger partial charge in [0.1, 0.15) is 5.82 Å². The van der Waals surface area contributed by atoms with Crippen molar-refractivity contribution in [3.8, 4) is 5.69 Å². The maximum atomic E-state index is 13.3. The van der Waals surface area contributed by atoms with Gasteiger partial charge in [0.25, 0.3) is 0 Å². The van der Waals surface area contributed by atoms with Gasteiger partial charge in [0.2, 0.25) is 10.0 Å². The molecule has 0 spiro atoms. The Hall–Kier alpha value is -3.07. The normalized spacial score (nSPS) is 24.5. The molecule has 2 aromatic carbocycles. The summed E-state index contributed by atoms with van der Waals surface area (Å²) in [5, 5.41) is 21.6. The zero-order chi connectivity index (χ0) is 23.4. The lowest BCUT2D eigenvalue weighted by Gasteiger charge is -2.40. The lowest BCUT2D eigenvalue weighted by Crippen LogP contribution is -2.43. The van der Waals surface area contributed by atoms with E-state index in [1.54, 1.807) is 53.4 Å². The minimum atomic E-state index is -3.88. The molecule has 0 unspecified atom stereocenters. The molecule has 0 radical (unpaired) electrons. The van der Waals surface area contributed by atoms with Gasteiger partial charge >= 0.3 is 0 Å². The van der Waals surface area contributed by atoms with E-state index in [1.807, 2.05) is 6.92 Å². The van der Waals surface area contributed by atoms with Crippen molar-refractivity contribution >= 4 is 22.2 Å². The van der Waals surface area contributed by atoms with E-state index in [4.69, 9.17) is 5.14 Å². The number of aliphatic hydroxyl groups is 1. The van der Waals surface area contributed by atoms with Gasteiger partial charge in [0.05, 0.1) is 28.1 Å². The van der Waals surface area contributed by atoms with Crippen molar-refractivity contribution in [1.82, 2.24) is 9.78 Å². The van der Waals surface area contributed by atoms with E-state index < -0.39 is 21.0 Å². The van der Waals surface area contributed by atoms with Gasteiger partial charge in [0.15, 0.2) is 0 Å². The molecule has 33 heavy (non-hydrogen) atoms. The molecule has 6 nitrogen and oxygen atoms in total. The number of nitrogens with two attached hydrogens (primary N) is 1. The van der Waals surface area contributed by atoms with E-state index in [-0.39, 0.29) is 10.7 Å². The number of nitrogens with zero attached hydrogens (tertiary/aromatic N) is 2. The molecule has 170 valence electrons. The van der Waals surface area contributed by atoms with Crippen LogP contribution in [0.2, 0.25) is 0 Å². The smallest absolute Gasteiger partial charge is 0.238 e. The Balaban J connectivity index is 1.51. The van der Waals surface area contributed by atoms with Crippen LogP contribution in [0.5, 0.6) is 0 Å². The van der Waals surface area contributed by atoms with Crippen LogP contribution < -0.4 is 5.14 Å². The highest BCUT2D eigenvalue weighted by molar-refractivity contribution is 7.89. The van der Waals surface area contributed by atoms with Gasteiger partial charge in [-0.05, 0) is 66.8 Å². The number of sulfonamides is 1. The number of halogens is 1. The summed E-state index contributed by atoms with van der Waals surface area (Å²) < 4.78 is 39.0. The van der Waals surface area contributed by atoms with Crippen molar-refractivity contribution < 1.29 is 17.9 Å². The van der Waals surface area contributed by atoms with Gasteiger partial charge in [-0.25, -0.2) is 22.6 Å². The molecule has 3 N–H and O–H groups in total. The van der Waals surface area contributed by atoms with Gasteiger partial charge in [0, 0.05) is 5.41 Å². The summed E-state index contributed by atoms with van der Waals surface area (Å²) in [5.74, 6) is -0.303. The standard InChI is InChI=1S/C25H24FN3O3S/c1-24-15-18-16-28-29(21-8-6-20(26)7-9-21)22(18)14-19(24)11-13-25(24,30)12-10-17-4-2-3-5-23(17)33(27,31)32/h2-10,12,14,16,30H,11,13,15H2,1H3,(H2,27,31,32)/b12-10+/t24-,25-/m0/s1. The predicted octanol–water partition coefficient (Wildman–Crippen LogP) is 3.84. The minimum absolute atomic E-state index is 0.0234. The van der Waals surface area contributed by atoms with Crippen LogP contribution in [0, 0.1) is 11.2 Å². The summed E-state index contributed by atoms with van der Waals surface area (Å²) in [7, 11) is -3.88. The van der Waals surface area contributed by atoms with E-state index in [9.17, 15) is 17.9 Å². The molecule has 2 aliphatic carbocycles. The van der Waals surface area contributed by atoms with Crippen molar-refractivity contribution in [2.24, 2.45) is 10.6 Å². The fraction of sp³-hybridized carbons (Fsp3) is 0.240. The summed E-state index contributed by atoms with van der Waals surface area (Å²) in [4.78, 5) is 0.0234. The average molecular weight is 466 g/mol. The van der Waals surface area contributed by atoms with E-state index >= 15 is 0 Å². The van der Waals surface area contributed by atoms with Crippen LogP contribution in [0.4, 0.5) is 4.39 Å². The molecule has 1 aromatic heterocycles. The molecular formula is C25H24FN3O3S. The van der Waals surface area contributed by atoms with Gasteiger partial charge in [-0.3, -0.25) is 0 Å². The topological polar surface area (TPSA) is 98.2 Å². The van der Waals surface area contributed by atoms with Crippen molar-refractivity contribution in [3.63, 3.8) is 0 Å². The first kappa shape index (κ1) is 21.8. The molecule has 2 aliphatic rings. The molecule has 1 fully saturated rings. The Morgan fingerprint density at radius 1 is 1.18 bits per heavy atom. The van der Waals surface area contributed by atoms with Crippen molar-refractivity contribution in [1.29, 1.82) is 0 Å². The number of aromatic nitrogens is 2. The fourth-order valence-corrected chi connectivity index (χ4v) is 5.77. The van der Waals surface area contributed by atoms with Crippen LogP contribution >= 0.6 is 0 Å². The first-order valence-corrected chi connectivity index (χ1v) is 12.2. The number of fused-ring (bicyclic) bond motifs is 2. The third kappa shape index (κ3) is 3.55. The van der Waals surface area contributed by atoms with Gasteiger partial charge in [-0.2, -0.15) is 5.10 Å². The van der Waals surface area contributed by atoms with E-state index in [0.717, 1.165) is 22.5 Å². The second-order valence-electron chi connectivity index (χ2n) is 8.96. The number of hydrogen-bond donors (Lipinski definition) is 2. The maximum Gasteiger partial charge on any atom is 0.238 e. The van der Waals surface area contributed by atoms with Crippen LogP contribution in [0.3, 0.4) is 0 Å². The minimum Gasteiger partial charge on any atom is -0.385 e. The Kier molecular flexibility index (Phi) is 4.93. The monoisotopic (exact) mass is 465 g/mol. The highest BCUT2D eigenvalue weighted by Gasteiger charge is 2.54. The van der Waals surface area contributed by atoms with E-state index in [0.29, 0.717) is 24.8 Å². The SMILES string of the molecule is C[C@]12Cc3cnn(-c4ccc(F)cc4)c3C=C1CC[C@@]2(O)/C=C/c1ccccc1S(N)(=O)=O. The maximum absolute atomic E-state index is 13.3. The van der Waals surface area contributed by atoms with E-state index in [2.05, 4.69) is 11.2 Å². The Bertz CT molecular complexity index is 1410. The van der Waals surface area contributed by atoms with Crippen molar-refractivity contribution in [2.45, 2.75) is 36.7 Å². The molecule has 8 heteroatoms. The molecule has 0 amide bonds. The third-order valence-corrected chi connectivity index (χ3v) is 8.00. The molecule has 5 rings (SSSR count). The second-order valence-corrected chi connectivity index (χ2v) is 10.5. The van der Waals surface area contributed by atoms with Crippen LogP contribution in [0.1, 0.15) is 36.6 Å².